The molecule has 1 aromatic carbocycles. The van der Waals surface area contributed by atoms with Gasteiger partial charge in [0, 0.05) is 28.9 Å². The van der Waals surface area contributed by atoms with E-state index in [1.54, 1.807) is 25.1 Å². The van der Waals surface area contributed by atoms with Gasteiger partial charge in [-0.15, -0.1) is 0 Å². The van der Waals surface area contributed by atoms with Gasteiger partial charge in [0.05, 0.1) is 5.69 Å². The van der Waals surface area contributed by atoms with Crippen LogP contribution in [0, 0.1) is 6.92 Å². The average molecular weight is 384 g/mol. The van der Waals surface area contributed by atoms with Crippen LogP contribution in [0.4, 0.5) is 5.82 Å². The van der Waals surface area contributed by atoms with Gasteiger partial charge in [0.15, 0.2) is 0 Å². The second kappa shape index (κ2) is 8.01. The number of hydrogen-bond acceptors (Lipinski definition) is 4. The molecule has 3 aromatic rings. The van der Waals surface area contributed by atoms with Gasteiger partial charge in [-0.05, 0) is 31.1 Å². The van der Waals surface area contributed by atoms with Crippen molar-refractivity contribution in [3.8, 4) is 5.95 Å². The third-order valence-electron chi connectivity index (χ3n) is 3.75. The number of benzene rings is 1. The molecule has 8 heteroatoms. The lowest BCUT2D eigenvalue weighted by atomic mass is 10.2. The highest BCUT2D eigenvalue weighted by Gasteiger charge is 2.12. The normalized spacial score (nSPS) is 11.1. The zero-order valence-corrected chi connectivity index (χ0v) is 15.6. The summed E-state index contributed by atoms with van der Waals surface area (Å²) in [5.74, 6) is 0.292. The molecule has 2 aromatic heterocycles. The van der Waals surface area contributed by atoms with Crippen LogP contribution in [0.25, 0.3) is 12.0 Å². The second-order valence-electron chi connectivity index (χ2n) is 5.84. The Kier molecular flexibility index (Phi) is 5.52. The van der Waals surface area contributed by atoms with Crippen molar-refractivity contribution in [2.24, 2.45) is 0 Å². The van der Waals surface area contributed by atoms with Crippen molar-refractivity contribution < 1.29 is 4.79 Å². The van der Waals surface area contributed by atoms with E-state index in [1.807, 2.05) is 25.1 Å². The second-order valence-corrected chi connectivity index (χ2v) is 6.25. The maximum Gasteiger partial charge on any atom is 0.252 e. The number of aromatic amines is 1. The molecule has 0 bridgehead atoms. The molecule has 0 saturated carbocycles. The van der Waals surface area contributed by atoms with Crippen LogP contribution < -0.4 is 10.9 Å². The summed E-state index contributed by atoms with van der Waals surface area (Å²) in [6.07, 6.45) is 3.62. The third kappa shape index (κ3) is 4.51. The van der Waals surface area contributed by atoms with Gasteiger partial charge in [-0.3, -0.25) is 14.6 Å². The summed E-state index contributed by atoms with van der Waals surface area (Å²) in [5, 5.41) is 7.61. The Labute approximate surface area is 160 Å². The van der Waals surface area contributed by atoms with Crippen molar-refractivity contribution in [3.63, 3.8) is 0 Å². The number of amides is 1. The van der Waals surface area contributed by atoms with E-state index in [1.165, 1.54) is 16.8 Å². The number of carbonyl (C=O) groups excluding carboxylic acids is 1. The quantitative estimate of drug-likeness (QED) is 0.662. The SMILES string of the molecule is CCc1cc(=O)[nH]c(-n2nc(C)cc2NC(=O)/C=C/c2ccccc2Cl)n1. The smallest absolute Gasteiger partial charge is 0.252 e. The topological polar surface area (TPSA) is 92.7 Å². The molecule has 138 valence electrons. The number of nitrogens with zero attached hydrogens (tertiary/aromatic N) is 3. The number of rotatable bonds is 5. The van der Waals surface area contributed by atoms with Crippen LogP contribution in [0.5, 0.6) is 0 Å². The molecule has 1 amide bonds. The first kappa shape index (κ1) is 18.6. The maximum atomic E-state index is 12.3. The maximum absolute atomic E-state index is 12.3. The molecule has 0 aliphatic heterocycles. The highest BCUT2D eigenvalue weighted by molar-refractivity contribution is 6.32. The number of carbonyl (C=O) groups is 1. The standard InChI is InChI=1S/C19H18ClN5O2/c1-3-14-11-18(27)23-19(21-14)25-16(10-12(2)24-25)22-17(26)9-8-13-6-4-5-7-15(13)20/h4-11H,3H2,1-2H3,(H,22,26)(H,21,23,27)/b9-8+. The summed E-state index contributed by atoms with van der Waals surface area (Å²) < 4.78 is 1.40. The third-order valence-corrected chi connectivity index (χ3v) is 4.09. The summed E-state index contributed by atoms with van der Waals surface area (Å²) in [6, 6.07) is 10.3. The van der Waals surface area contributed by atoms with E-state index in [0.717, 1.165) is 5.56 Å². The number of aryl methyl sites for hydroxylation is 2. The molecule has 7 nitrogen and oxygen atoms in total. The van der Waals surface area contributed by atoms with E-state index in [2.05, 4.69) is 20.4 Å². The van der Waals surface area contributed by atoms with Crippen LogP contribution in [0.2, 0.25) is 5.02 Å². The molecular weight excluding hydrogens is 366 g/mol. The Hall–Kier alpha value is -3.19. The molecule has 3 rings (SSSR count). The van der Waals surface area contributed by atoms with Gasteiger partial charge in [0.1, 0.15) is 5.82 Å². The van der Waals surface area contributed by atoms with Gasteiger partial charge in [-0.25, -0.2) is 4.98 Å². The van der Waals surface area contributed by atoms with E-state index in [-0.39, 0.29) is 17.4 Å². The van der Waals surface area contributed by atoms with Crippen molar-refractivity contribution in [1.29, 1.82) is 0 Å². The van der Waals surface area contributed by atoms with Crippen LogP contribution >= 0.6 is 11.6 Å². The lowest BCUT2D eigenvalue weighted by Gasteiger charge is -2.07. The molecule has 2 heterocycles. The highest BCUT2D eigenvalue weighted by atomic mass is 35.5. The molecule has 0 spiro atoms. The van der Waals surface area contributed by atoms with Gasteiger partial charge in [-0.1, -0.05) is 36.7 Å². The summed E-state index contributed by atoms with van der Waals surface area (Å²) in [6.45, 7) is 3.69. The Balaban J connectivity index is 1.86. The molecule has 0 saturated heterocycles. The minimum atomic E-state index is -0.356. The number of aromatic nitrogens is 4. The predicted octanol–water partition coefficient (Wildman–Crippen LogP) is 3.13. The average Bonchev–Trinajstić information content (AvgIpc) is 3.00. The van der Waals surface area contributed by atoms with Crippen LogP contribution in [0.3, 0.4) is 0 Å². The van der Waals surface area contributed by atoms with E-state index in [0.29, 0.717) is 28.6 Å². The molecule has 0 fully saturated rings. The predicted molar refractivity (Wildman–Crippen MR) is 105 cm³/mol. The van der Waals surface area contributed by atoms with Crippen LogP contribution in [-0.2, 0) is 11.2 Å². The van der Waals surface area contributed by atoms with Gasteiger partial charge in [0.25, 0.3) is 5.56 Å². The number of anilines is 1. The van der Waals surface area contributed by atoms with E-state index in [4.69, 9.17) is 11.6 Å². The first-order chi connectivity index (χ1) is 13.0. The fourth-order valence-electron chi connectivity index (χ4n) is 2.47. The summed E-state index contributed by atoms with van der Waals surface area (Å²) in [7, 11) is 0. The van der Waals surface area contributed by atoms with Gasteiger partial charge < -0.3 is 5.32 Å². The number of nitrogens with one attached hydrogen (secondary N) is 2. The summed E-state index contributed by atoms with van der Waals surface area (Å²) >= 11 is 6.08. The number of H-pyrrole nitrogens is 1. The van der Waals surface area contributed by atoms with Crippen LogP contribution in [0.1, 0.15) is 23.9 Å². The molecule has 2 N–H and O–H groups in total. The largest absolute Gasteiger partial charge is 0.307 e. The van der Waals surface area contributed by atoms with E-state index < -0.39 is 0 Å². The first-order valence-corrected chi connectivity index (χ1v) is 8.75. The lowest BCUT2D eigenvalue weighted by molar-refractivity contribution is -0.111. The molecule has 0 aliphatic carbocycles. The van der Waals surface area contributed by atoms with Crippen LogP contribution in [0.15, 0.2) is 47.3 Å². The summed E-state index contributed by atoms with van der Waals surface area (Å²) in [4.78, 5) is 31.1. The minimum Gasteiger partial charge on any atom is -0.307 e. The Morgan fingerprint density at radius 1 is 1.33 bits per heavy atom. The molecule has 0 radical (unpaired) electrons. The number of halogens is 1. The van der Waals surface area contributed by atoms with Crippen LogP contribution in [-0.4, -0.2) is 25.7 Å². The fraction of sp³-hybridized carbons (Fsp3) is 0.158. The van der Waals surface area contributed by atoms with Crippen molar-refractivity contribution in [2.45, 2.75) is 20.3 Å². The Bertz CT molecular complexity index is 1070. The number of hydrogen-bond donors (Lipinski definition) is 2. The molecule has 0 aliphatic rings. The van der Waals surface area contributed by atoms with E-state index in [9.17, 15) is 9.59 Å². The minimum absolute atomic E-state index is 0.248. The van der Waals surface area contributed by atoms with Gasteiger partial charge in [-0.2, -0.15) is 9.78 Å². The molecular formula is C19H18ClN5O2. The first-order valence-electron chi connectivity index (χ1n) is 8.37. The summed E-state index contributed by atoms with van der Waals surface area (Å²) in [5.41, 5.74) is 1.77. The molecule has 0 atom stereocenters. The van der Waals surface area contributed by atoms with Gasteiger partial charge in [0.2, 0.25) is 11.9 Å². The lowest BCUT2D eigenvalue weighted by Crippen LogP contribution is -2.18. The van der Waals surface area contributed by atoms with Crippen molar-refractivity contribution in [3.05, 3.63) is 74.8 Å². The van der Waals surface area contributed by atoms with Crippen molar-refractivity contribution in [2.75, 3.05) is 5.32 Å². The Morgan fingerprint density at radius 2 is 2.11 bits per heavy atom. The zero-order chi connectivity index (χ0) is 19.4. The van der Waals surface area contributed by atoms with Crippen molar-refractivity contribution in [1.82, 2.24) is 19.7 Å². The molecule has 0 unspecified atom stereocenters. The zero-order valence-electron chi connectivity index (χ0n) is 14.9. The van der Waals surface area contributed by atoms with Gasteiger partial charge >= 0.3 is 0 Å². The van der Waals surface area contributed by atoms with E-state index >= 15 is 0 Å². The Morgan fingerprint density at radius 3 is 2.85 bits per heavy atom. The molecule has 27 heavy (non-hydrogen) atoms. The fourth-order valence-corrected chi connectivity index (χ4v) is 2.67. The van der Waals surface area contributed by atoms with Crippen molar-refractivity contribution >= 4 is 29.4 Å². The highest BCUT2D eigenvalue weighted by Crippen LogP contribution is 2.17. The monoisotopic (exact) mass is 383 g/mol.